The summed E-state index contributed by atoms with van der Waals surface area (Å²) in [5, 5.41) is 5.00. The molecule has 2 aromatic rings. The largest absolute Gasteiger partial charge is 0.456 e. The van der Waals surface area contributed by atoms with Gasteiger partial charge in [0.2, 0.25) is 0 Å². The molecule has 1 heterocycles. The van der Waals surface area contributed by atoms with Gasteiger partial charge in [0.1, 0.15) is 0 Å². The molecule has 0 aromatic heterocycles. The second-order valence-corrected chi connectivity index (χ2v) is 6.76. The summed E-state index contributed by atoms with van der Waals surface area (Å²) in [6, 6.07) is 15.0. The van der Waals surface area contributed by atoms with Crippen molar-refractivity contribution in [1.29, 1.82) is 0 Å². The number of benzene rings is 2. The summed E-state index contributed by atoms with van der Waals surface area (Å²) in [6.07, 6.45) is 1.10. The van der Waals surface area contributed by atoms with Gasteiger partial charge in [-0.2, -0.15) is 0 Å². The Balaban J connectivity index is 1.43. The van der Waals surface area contributed by atoms with Gasteiger partial charge >= 0.3 is 5.97 Å². The van der Waals surface area contributed by atoms with Crippen molar-refractivity contribution in [3.63, 3.8) is 0 Å². The number of amides is 1. The molecule has 144 valence electrons. The highest BCUT2D eigenvalue weighted by atomic mass is 16.5. The van der Waals surface area contributed by atoms with Crippen LogP contribution in [0.1, 0.15) is 12.8 Å². The Bertz CT molecular complexity index is 780. The molecule has 0 radical (unpaired) electrons. The molecule has 1 saturated heterocycles. The first-order chi connectivity index (χ1) is 13.2. The molecule has 2 aromatic carbocycles. The summed E-state index contributed by atoms with van der Waals surface area (Å²) in [5.41, 5.74) is 1.30. The average Bonchev–Trinajstić information content (AvgIpc) is 2.72. The SMILES string of the molecule is CNC(=O)COC(=O)CCCN1CCN(c2cccc3ccccc23)CC1. The fraction of sp³-hybridized carbons (Fsp3) is 0.429. The second kappa shape index (κ2) is 9.37. The molecule has 6 nitrogen and oxygen atoms in total. The van der Waals surface area contributed by atoms with Gasteiger partial charge in [0.05, 0.1) is 0 Å². The first-order valence-electron chi connectivity index (χ1n) is 9.48. The van der Waals surface area contributed by atoms with E-state index in [-0.39, 0.29) is 18.5 Å². The zero-order valence-corrected chi connectivity index (χ0v) is 15.8. The number of likely N-dealkylation sites (N-methyl/N-ethyl adjacent to an activating group) is 1. The topological polar surface area (TPSA) is 61.9 Å². The molecule has 1 aliphatic heterocycles. The van der Waals surface area contributed by atoms with E-state index in [4.69, 9.17) is 4.74 Å². The minimum atomic E-state index is -0.312. The summed E-state index contributed by atoms with van der Waals surface area (Å²) in [4.78, 5) is 27.5. The van der Waals surface area contributed by atoms with Crippen molar-refractivity contribution in [3.8, 4) is 0 Å². The van der Waals surface area contributed by atoms with Crippen molar-refractivity contribution in [2.45, 2.75) is 12.8 Å². The normalized spacial score (nSPS) is 14.9. The first kappa shape index (κ1) is 19.2. The Hall–Kier alpha value is -2.60. The van der Waals surface area contributed by atoms with Crippen LogP contribution in [0, 0.1) is 0 Å². The van der Waals surface area contributed by atoms with E-state index in [1.54, 1.807) is 0 Å². The average molecular weight is 369 g/mol. The lowest BCUT2D eigenvalue weighted by Gasteiger charge is -2.36. The number of ether oxygens (including phenoxy) is 1. The van der Waals surface area contributed by atoms with E-state index >= 15 is 0 Å². The molecule has 0 atom stereocenters. The van der Waals surface area contributed by atoms with Crippen molar-refractivity contribution in [2.75, 3.05) is 51.3 Å². The molecule has 3 rings (SSSR count). The van der Waals surface area contributed by atoms with Crippen LogP contribution in [-0.2, 0) is 14.3 Å². The fourth-order valence-electron chi connectivity index (χ4n) is 3.43. The van der Waals surface area contributed by atoms with Gasteiger partial charge in [-0.05, 0) is 24.4 Å². The van der Waals surface area contributed by atoms with Crippen LogP contribution < -0.4 is 10.2 Å². The monoisotopic (exact) mass is 369 g/mol. The molecule has 0 spiro atoms. The van der Waals surface area contributed by atoms with Gasteiger partial charge in [-0.15, -0.1) is 0 Å². The molecule has 1 fully saturated rings. The lowest BCUT2D eigenvalue weighted by molar-refractivity contribution is -0.148. The molecular formula is C21H27N3O3. The van der Waals surface area contributed by atoms with E-state index in [1.807, 2.05) is 0 Å². The van der Waals surface area contributed by atoms with Gasteiger partial charge in [-0.1, -0.05) is 36.4 Å². The van der Waals surface area contributed by atoms with Crippen molar-refractivity contribution < 1.29 is 14.3 Å². The highest BCUT2D eigenvalue weighted by molar-refractivity contribution is 5.94. The number of carbonyl (C=O) groups excluding carboxylic acids is 2. The maximum atomic E-state index is 11.6. The summed E-state index contributed by atoms with van der Waals surface area (Å²) < 4.78 is 4.92. The summed E-state index contributed by atoms with van der Waals surface area (Å²) in [6.45, 7) is 4.61. The molecule has 0 unspecified atom stereocenters. The third-order valence-corrected chi connectivity index (χ3v) is 4.98. The van der Waals surface area contributed by atoms with Crippen LogP contribution >= 0.6 is 0 Å². The number of nitrogens with zero attached hydrogens (tertiary/aromatic N) is 2. The molecule has 1 aliphatic rings. The van der Waals surface area contributed by atoms with Gasteiger partial charge < -0.3 is 15.0 Å². The maximum Gasteiger partial charge on any atom is 0.306 e. The summed E-state index contributed by atoms with van der Waals surface area (Å²) >= 11 is 0. The van der Waals surface area contributed by atoms with Crippen molar-refractivity contribution in [2.24, 2.45) is 0 Å². The number of fused-ring (bicyclic) bond motifs is 1. The molecule has 1 amide bonds. The number of carbonyl (C=O) groups is 2. The van der Waals surface area contributed by atoms with E-state index in [2.05, 4.69) is 57.6 Å². The van der Waals surface area contributed by atoms with Crippen LogP contribution in [0.2, 0.25) is 0 Å². The molecule has 27 heavy (non-hydrogen) atoms. The third kappa shape index (κ3) is 5.20. The van der Waals surface area contributed by atoms with Crippen molar-refractivity contribution in [3.05, 3.63) is 42.5 Å². The Morgan fingerprint density at radius 2 is 1.78 bits per heavy atom. The summed E-state index contributed by atoms with van der Waals surface area (Å²) in [7, 11) is 1.52. The van der Waals surface area contributed by atoms with Crippen LogP contribution in [0.3, 0.4) is 0 Å². The van der Waals surface area contributed by atoms with Crippen molar-refractivity contribution >= 4 is 28.3 Å². The number of piperazine rings is 1. The van der Waals surface area contributed by atoms with Crippen LogP contribution in [0.5, 0.6) is 0 Å². The minimum Gasteiger partial charge on any atom is -0.456 e. The van der Waals surface area contributed by atoms with Gasteiger partial charge in [0, 0.05) is 50.7 Å². The number of hydrogen-bond acceptors (Lipinski definition) is 5. The van der Waals surface area contributed by atoms with Crippen LogP contribution in [-0.4, -0.2) is 63.2 Å². The predicted octanol–water partition coefficient (Wildman–Crippen LogP) is 2.03. The third-order valence-electron chi connectivity index (χ3n) is 4.98. The van der Waals surface area contributed by atoms with Gasteiger partial charge in [0.25, 0.3) is 5.91 Å². The Kier molecular flexibility index (Phi) is 6.65. The number of rotatable bonds is 7. The second-order valence-electron chi connectivity index (χ2n) is 6.76. The Morgan fingerprint density at radius 1 is 1.04 bits per heavy atom. The highest BCUT2D eigenvalue weighted by Crippen LogP contribution is 2.27. The molecular weight excluding hydrogens is 342 g/mol. The number of esters is 1. The molecule has 0 aliphatic carbocycles. The zero-order chi connectivity index (χ0) is 19.1. The smallest absolute Gasteiger partial charge is 0.306 e. The Morgan fingerprint density at radius 3 is 2.56 bits per heavy atom. The molecule has 0 bridgehead atoms. The van der Waals surface area contributed by atoms with Crippen molar-refractivity contribution in [1.82, 2.24) is 10.2 Å². The minimum absolute atomic E-state index is 0.195. The van der Waals surface area contributed by atoms with E-state index in [9.17, 15) is 9.59 Å². The molecule has 6 heteroatoms. The van der Waals surface area contributed by atoms with E-state index in [0.29, 0.717) is 6.42 Å². The van der Waals surface area contributed by atoms with E-state index in [0.717, 1.165) is 39.1 Å². The van der Waals surface area contributed by atoms with Crippen LogP contribution in [0.25, 0.3) is 10.8 Å². The molecule has 0 saturated carbocycles. The molecule has 1 N–H and O–H groups in total. The lowest BCUT2D eigenvalue weighted by atomic mass is 10.1. The number of anilines is 1. The zero-order valence-electron chi connectivity index (χ0n) is 15.8. The number of nitrogens with one attached hydrogen (secondary N) is 1. The van der Waals surface area contributed by atoms with Gasteiger partial charge in [-0.3, -0.25) is 14.5 Å². The van der Waals surface area contributed by atoms with E-state index in [1.165, 1.54) is 23.5 Å². The number of hydrogen-bond donors (Lipinski definition) is 1. The highest BCUT2D eigenvalue weighted by Gasteiger charge is 2.18. The first-order valence-corrected chi connectivity index (χ1v) is 9.48. The standard InChI is InChI=1S/C21H27N3O3/c1-22-20(25)16-27-21(26)10-5-11-23-12-14-24(15-13-23)19-9-4-7-17-6-2-3-8-18(17)19/h2-4,6-9H,5,10-16H2,1H3,(H,22,25). The quantitative estimate of drug-likeness (QED) is 0.757. The van der Waals surface area contributed by atoms with Gasteiger partial charge in [-0.25, -0.2) is 0 Å². The fourth-order valence-corrected chi connectivity index (χ4v) is 3.43. The maximum absolute atomic E-state index is 11.6. The lowest BCUT2D eigenvalue weighted by Crippen LogP contribution is -2.46. The van der Waals surface area contributed by atoms with Crippen LogP contribution in [0.15, 0.2) is 42.5 Å². The van der Waals surface area contributed by atoms with Crippen LogP contribution in [0.4, 0.5) is 5.69 Å². The van der Waals surface area contributed by atoms with E-state index < -0.39 is 0 Å². The predicted molar refractivity (Wildman–Crippen MR) is 107 cm³/mol. The Labute approximate surface area is 160 Å². The summed E-state index contributed by atoms with van der Waals surface area (Å²) in [5.74, 6) is -0.596. The van der Waals surface area contributed by atoms with Gasteiger partial charge in [0.15, 0.2) is 6.61 Å².